The fraction of sp³-hybridized carbons (Fsp3) is 0.583. The Morgan fingerprint density at radius 1 is 1.67 bits per heavy atom. The number of furan rings is 1. The zero-order valence-corrected chi connectivity index (χ0v) is 9.12. The lowest BCUT2D eigenvalue weighted by molar-refractivity contribution is -0.137. The molecule has 0 aliphatic heterocycles. The molecule has 3 nitrogen and oxygen atoms in total. The van der Waals surface area contributed by atoms with Gasteiger partial charge in [-0.25, -0.2) is 0 Å². The summed E-state index contributed by atoms with van der Waals surface area (Å²) in [5, 5.41) is 8.78. The van der Waals surface area contributed by atoms with Gasteiger partial charge in [-0.1, -0.05) is 13.8 Å². The molecular weight excluding hydrogens is 192 g/mol. The predicted octanol–water partition coefficient (Wildman–Crippen LogP) is 2.91. The number of rotatable bonds is 3. The van der Waals surface area contributed by atoms with Crippen molar-refractivity contribution in [2.24, 2.45) is 0 Å². The normalized spacial score (nSPS) is 19.5. The average Bonchev–Trinajstić information content (AvgIpc) is 2.66. The van der Waals surface area contributed by atoms with E-state index in [1.807, 2.05) is 6.07 Å². The van der Waals surface area contributed by atoms with Crippen molar-refractivity contribution >= 4 is 5.97 Å². The second-order valence-corrected chi connectivity index (χ2v) is 4.52. The molecule has 0 saturated carbocycles. The minimum Gasteiger partial charge on any atom is -0.481 e. The summed E-state index contributed by atoms with van der Waals surface area (Å²) in [4.78, 5) is 10.7. The van der Waals surface area contributed by atoms with Crippen molar-refractivity contribution in [3.05, 3.63) is 23.2 Å². The molecule has 0 radical (unpaired) electrons. The Bertz CT molecular complexity index is 376. The second-order valence-electron chi connectivity index (χ2n) is 4.52. The minimum atomic E-state index is -0.722. The second kappa shape index (κ2) is 3.72. The number of aliphatic carboxylic acids is 1. The van der Waals surface area contributed by atoms with E-state index < -0.39 is 5.97 Å². The standard InChI is InChI=1S/C12H16O3/c1-7(2)11-6-9-8(5-12(13)14)3-4-10(9)15-11/h6-8H,3-5H2,1-2H3,(H,13,14). The summed E-state index contributed by atoms with van der Waals surface area (Å²) in [6.45, 7) is 4.17. The lowest BCUT2D eigenvalue weighted by Gasteiger charge is -2.05. The lowest BCUT2D eigenvalue weighted by Crippen LogP contribution is -2.02. The summed E-state index contributed by atoms with van der Waals surface area (Å²) < 4.78 is 5.71. The van der Waals surface area contributed by atoms with Crippen molar-refractivity contribution in [3.63, 3.8) is 0 Å². The number of hydrogen-bond acceptors (Lipinski definition) is 2. The SMILES string of the molecule is CC(C)c1cc2c(o1)CCC2CC(=O)O. The van der Waals surface area contributed by atoms with Crippen LogP contribution < -0.4 is 0 Å². The van der Waals surface area contributed by atoms with Gasteiger partial charge in [-0.15, -0.1) is 0 Å². The molecule has 1 aliphatic carbocycles. The molecular formula is C12H16O3. The molecule has 2 rings (SSSR count). The van der Waals surface area contributed by atoms with Crippen LogP contribution in [-0.4, -0.2) is 11.1 Å². The fourth-order valence-electron chi connectivity index (χ4n) is 2.17. The van der Waals surface area contributed by atoms with Crippen LogP contribution in [0.15, 0.2) is 10.5 Å². The molecule has 1 aromatic heterocycles. The third-order valence-electron chi connectivity index (χ3n) is 3.01. The van der Waals surface area contributed by atoms with Gasteiger partial charge >= 0.3 is 5.97 Å². The van der Waals surface area contributed by atoms with Gasteiger partial charge in [0.05, 0.1) is 6.42 Å². The van der Waals surface area contributed by atoms with Crippen LogP contribution in [0.4, 0.5) is 0 Å². The molecule has 0 amide bonds. The van der Waals surface area contributed by atoms with Gasteiger partial charge < -0.3 is 9.52 Å². The van der Waals surface area contributed by atoms with Crippen LogP contribution in [-0.2, 0) is 11.2 Å². The molecule has 1 aliphatic rings. The summed E-state index contributed by atoms with van der Waals surface area (Å²) in [5.41, 5.74) is 1.13. The van der Waals surface area contributed by atoms with Crippen molar-refractivity contribution in [1.82, 2.24) is 0 Å². The number of carboxylic acids is 1. The average molecular weight is 208 g/mol. The van der Waals surface area contributed by atoms with E-state index in [1.165, 1.54) is 0 Å². The number of hydrogen-bond donors (Lipinski definition) is 1. The van der Waals surface area contributed by atoms with Crippen molar-refractivity contribution in [1.29, 1.82) is 0 Å². The van der Waals surface area contributed by atoms with E-state index in [1.54, 1.807) is 0 Å². The third kappa shape index (κ3) is 1.91. The van der Waals surface area contributed by atoms with Gasteiger partial charge in [-0.2, -0.15) is 0 Å². The molecule has 1 unspecified atom stereocenters. The molecule has 15 heavy (non-hydrogen) atoms. The fourth-order valence-corrected chi connectivity index (χ4v) is 2.17. The minimum absolute atomic E-state index is 0.161. The topological polar surface area (TPSA) is 50.4 Å². The zero-order valence-electron chi connectivity index (χ0n) is 9.12. The monoisotopic (exact) mass is 208 g/mol. The molecule has 0 fully saturated rings. The number of carbonyl (C=O) groups is 1. The first-order valence-corrected chi connectivity index (χ1v) is 5.42. The molecule has 0 spiro atoms. The Morgan fingerprint density at radius 3 is 3.00 bits per heavy atom. The van der Waals surface area contributed by atoms with Crippen molar-refractivity contribution < 1.29 is 14.3 Å². The summed E-state index contributed by atoms with van der Waals surface area (Å²) in [6, 6.07) is 2.04. The maximum Gasteiger partial charge on any atom is 0.303 e. The smallest absolute Gasteiger partial charge is 0.303 e. The zero-order chi connectivity index (χ0) is 11.0. The molecule has 1 N–H and O–H groups in total. The Kier molecular flexibility index (Phi) is 2.55. The van der Waals surface area contributed by atoms with E-state index in [2.05, 4.69) is 13.8 Å². The van der Waals surface area contributed by atoms with E-state index in [-0.39, 0.29) is 12.3 Å². The Balaban J connectivity index is 2.22. The maximum absolute atomic E-state index is 10.7. The summed E-state index contributed by atoms with van der Waals surface area (Å²) >= 11 is 0. The molecule has 0 bridgehead atoms. The Labute approximate surface area is 89.1 Å². The Hall–Kier alpha value is -1.25. The number of carboxylic acid groups (broad SMARTS) is 1. The highest BCUT2D eigenvalue weighted by Gasteiger charge is 2.28. The highest BCUT2D eigenvalue weighted by Crippen LogP contribution is 2.38. The van der Waals surface area contributed by atoms with Gasteiger partial charge in [0.1, 0.15) is 11.5 Å². The largest absolute Gasteiger partial charge is 0.481 e. The van der Waals surface area contributed by atoms with Crippen LogP contribution in [0.2, 0.25) is 0 Å². The van der Waals surface area contributed by atoms with Crippen molar-refractivity contribution in [3.8, 4) is 0 Å². The molecule has 1 atom stereocenters. The van der Waals surface area contributed by atoms with E-state index in [9.17, 15) is 4.79 Å². The Morgan fingerprint density at radius 2 is 2.40 bits per heavy atom. The van der Waals surface area contributed by atoms with Crippen LogP contribution in [0, 0.1) is 0 Å². The van der Waals surface area contributed by atoms with Crippen molar-refractivity contribution in [2.45, 2.75) is 44.9 Å². The predicted molar refractivity (Wildman–Crippen MR) is 56.1 cm³/mol. The van der Waals surface area contributed by atoms with Crippen LogP contribution >= 0.6 is 0 Å². The van der Waals surface area contributed by atoms with E-state index in [0.29, 0.717) is 5.92 Å². The van der Waals surface area contributed by atoms with Gasteiger partial charge in [0.25, 0.3) is 0 Å². The number of fused-ring (bicyclic) bond motifs is 1. The van der Waals surface area contributed by atoms with E-state index in [4.69, 9.17) is 9.52 Å². The van der Waals surface area contributed by atoms with E-state index >= 15 is 0 Å². The van der Waals surface area contributed by atoms with Crippen LogP contribution in [0.3, 0.4) is 0 Å². The van der Waals surface area contributed by atoms with Gasteiger partial charge in [0.15, 0.2) is 0 Å². The molecule has 1 aromatic rings. The summed E-state index contributed by atoms with van der Waals surface area (Å²) in [7, 11) is 0. The maximum atomic E-state index is 10.7. The van der Waals surface area contributed by atoms with Gasteiger partial charge in [-0.3, -0.25) is 4.79 Å². The van der Waals surface area contributed by atoms with Crippen LogP contribution in [0.5, 0.6) is 0 Å². The molecule has 82 valence electrons. The van der Waals surface area contributed by atoms with Crippen molar-refractivity contribution in [2.75, 3.05) is 0 Å². The molecule has 0 aromatic carbocycles. The van der Waals surface area contributed by atoms with Gasteiger partial charge in [0.2, 0.25) is 0 Å². The highest BCUT2D eigenvalue weighted by atomic mass is 16.4. The van der Waals surface area contributed by atoms with Gasteiger partial charge in [0, 0.05) is 12.3 Å². The lowest BCUT2D eigenvalue weighted by atomic mass is 9.99. The molecule has 1 heterocycles. The third-order valence-corrected chi connectivity index (χ3v) is 3.01. The first-order valence-electron chi connectivity index (χ1n) is 5.42. The first kappa shape index (κ1) is 10.3. The molecule has 0 saturated heterocycles. The van der Waals surface area contributed by atoms with Crippen LogP contribution in [0.1, 0.15) is 55.6 Å². The first-order chi connectivity index (χ1) is 7.08. The number of aryl methyl sites for hydroxylation is 1. The quantitative estimate of drug-likeness (QED) is 0.830. The van der Waals surface area contributed by atoms with E-state index in [0.717, 1.165) is 29.9 Å². The summed E-state index contributed by atoms with van der Waals surface area (Å²) in [6.07, 6.45) is 2.03. The summed E-state index contributed by atoms with van der Waals surface area (Å²) in [5.74, 6) is 1.80. The van der Waals surface area contributed by atoms with Gasteiger partial charge in [-0.05, 0) is 24.0 Å². The van der Waals surface area contributed by atoms with Crippen LogP contribution in [0.25, 0.3) is 0 Å². The highest BCUT2D eigenvalue weighted by molar-refractivity contribution is 5.68. The molecule has 3 heteroatoms.